The van der Waals surface area contributed by atoms with Crippen LogP contribution in [0, 0.1) is 0 Å². The van der Waals surface area contributed by atoms with Gasteiger partial charge in [0.25, 0.3) is 5.91 Å². The van der Waals surface area contributed by atoms with Crippen molar-refractivity contribution in [1.82, 2.24) is 15.5 Å². The molecule has 0 radical (unpaired) electrons. The van der Waals surface area contributed by atoms with Gasteiger partial charge in [-0.15, -0.1) is 0 Å². The highest BCUT2D eigenvalue weighted by molar-refractivity contribution is 5.92. The number of para-hydroxylation sites is 2. The van der Waals surface area contributed by atoms with Gasteiger partial charge in [0.1, 0.15) is 12.3 Å². The number of carbonyl (C=O) groups is 1. The molecular weight excluding hydrogens is 330 g/mol. The summed E-state index contributed by atoms with van der Waals surface area (Å²) in [5.41, 5.74) is 2.40. The molecule has 1 aromatic carbocycles. The summed E-state index contributed by atoms with van der Waals surface area (Å²) in [6.45, 7) is 2.30. The van der Waals surface area contributed by atoms with E-state index >= 15 is 0 Å². The zero-order chi connectivity index (χ0) is 18.4. The molecule has 1 atom stereocenters. The first-order valence-electron chi connectivity index (χ1n) is 8.97. The van der Waals surface area contributed by atoms with Crippen LogP contribution in [0.4, 0.5) is 0 Å². The second-order valence-electron chi connectivity index (χ2n) is 6.44. The molecule has 138 valence electrons. The van der Waals surface area contributed by atoms with Gasteiger partial charge in [0.05, 0.1) is 12.8 Å². The number of nitrogens with one attached hydrogen (secondary N) is 2. The van der Waals surface area contributed by atoms with Gasteiger partial charge in [-0.25, -0.2) is 0 Å². The van der Waals surface area contributed by atoms with Gasteiger partial charge in [0.15, 0.2) is 11.5 Å². The fourth-order valence-corrected chi connectivity index (χ4v) is 3.06. The van der Waals surface area contributed by atoms with E-state index in [-0.39, 0.29) is 18.6 Å². The van der Waals surface area contributed by atoms with E-state index in [1.807, 2.05) is 31.2 Å². The van der Waals surface area contributed by atoms with Crippen molar-refractivity contribution in [2.45, 2.75) is 45.3 Å². The molecule has 0 saturated carbocycles. The molecule has 0 aliphatic heterocycles. The summed E-state index contributed by atoms with van der Waals surface area (Å²) in [5, 5.41) is 9.98. The Labute approximate surface area is 153 Å². The molecule has 6 nitrogen and oxygen atoms in total. The number of aromatic amines is 1. The number of ether oxygens (including phenoxy) is 2. The summed E-state index contributed by atoms with van der Waals surface area (Å²) >= 11 is 0. The first-order valence-corrected chi connectivity index (χ1v) is 8.97. The first-order chi connectivity index (χ1) is 12.7. The van der Waals surface area contributed by atoms with E-state index in [0.29, 0.717) is 17.2 Å². The van der Waals surface area contributed by atoms with Crippen molar-refractivity contribution in [3.8, 4) is 11.5 Å². The summed E-state index contributed by atoms with van der Waals surface area (Å²) in [5.74, 6) is 1.14. The molecule has 2 aromatic rings. The number of aromatic nitrogens is 2. The molecule has 26 heavy (non-hydrogen) atoms. The number of H-pyrrole nitrogens is 1. The van der Waals surface area contributed by atoms with Gasteiger partial charge in [0, 0.05) is 6.04 Å². The average molecular weight is 355 g/mol. The third kappa shape index (κ3) is 4.45. The van der Waals surface area contributed by atoms with Gasteiger partial charge in [-0.1, -0.05) is 23.8 Å². The van der Waals surface area contributed by atoms with Crippen molar-refractivity contribution in [3.05, 3.63) is 53.4 Å². The Morgan fingerprint density at radius 2 is 2.12 bits per heavy atom. The fourth-order valence-electron chi connectivity index (χ4n) is 3.06. The SMILES string of the molecule is COc1ccccc1OCc1cc(C(=O)N[C@H](C)C2=CCCCC2)n[nH]1. The zero-order valence-electron chi connectivity index (χ0n) is 15.2. The predicted octanol–water partition coefficient (Wildman–Crippen LogP) is 3.62. The quantitative estimate of drug-likeness (QED) is 0.744. The molecule has 2 N–H and O–H groups in total. The van der Waals surface area contributed by atoms with Crippen LogP contribution in [0.1, 0.15) is 48.8 Å². The topological polar surface area (TPSA) is 76.2 Å². The van der Waals surface area contributed by atoms with Crippen molar-refractivity contribution < 1.29 is 14.3 Å². The summed E-state index contributed by atoms with van der Waals surface area (Å²) in [6, 6.07) is 9.18. The van der Waals surface area contributed by atoms with Crippen molar-refractivity contribution in [2.75, 3.05) is 7.11 Å². The Morgan fingerprint density at radius 1 is 1.31 bits per heavy atom. The Balaban J connectivity index is 1.57. The van der Waals surface area contributed by atoms with Crippen molar-refractivity contribution in [3.63, 3.8) is 0 Å². The molecule has 0 unspecified atom stereocenters. The highest BCUT2D eigenvalue weighted by atomic mass is 16.5. The lowest BCUT2D eigenvalue weighted by Gasteiger charge is -2.20. The normalized spacial score (nSPS) is 15.1. The average Bonchev–Trinajstić information content (AvgIpc) is 3.16. The molecule has 6 heteroatoms. The number of hydrogen-bond acceptors (Lipinski definition) is 4. The Bertz CT molecular complexity index is 782. The van der Waals surface area contributed by atoms with E-state index in [0.717, 1.165) is 18.5 Å². The number of benzene rings is 1. The third-order valence-corrected chi connectivity index (χ3v) is 4.55. The second-order valence-corrected chi connectivity index (χ2v) is 6.44. The van der Waals surface area contributed by atoms with Crippen LogP contribution in [0.5, 0.6) is 11.5 Å². The van der Waals surface area contributed by atoms with Gasteiger partial charge < -0.3 is 14.8 Å². The Kier molecular flexibility index (Phi) is 5.94. The first kappa shape index (κ1) is 18.0. The number of hydrogen-bond donors (Lipinski definition) is 2. The van der Waals surface area contributed by atoms with Crippen LogP contribution in [0.2, 0.25) is 0 Å². The van der Waals surface area contributed by atoms with E-state index < -0.39 is 0 Å². The summed E-state index contributed by atoms with van der Waals surface area (Å²) in [4.78, 5) is 12.4. The maximum absolute atomic E-state index is 12.4. The highest BCUT2D eigenvalue weighted by Crippen LogP contribution is 2.26. The predicted molar refractivity (Wildman–Crippen MR) is 99.4 cm³/mol. The maximum Gasteiger partial charge on any atom is 0.272 e. The lowest BCUT2D eigenvalue weighted by Crippen LogP contribution is -2.34. The van der Waals surface area contributed by atoms with Gasteiger partial charge in [-0.2, -0.15) is 5.10 Å². The molecule has 1 amide bonds. The van der Waals surface area contributed by atoms with Crippen LogP contribution in [0.3, 0.4) is 0 Å². The minimum Gasteiger partial charge on any atom is -0.493 e. The van der Waals surface area contributed by atoms with Crippen LogP contribution in [0.25, 0.3) is 0 Å². The molecule has 3 rings (SSSR count). The largest absolute Gasteiger partial charge is 0.493 e. The Hall–Kier alpha value is -2.76. The van der Waals surface area contributed by atoms with Gasteiger partial charge in [-0.3, -0.25) is 9.89 Å². The number of rotatable bonds is 7. The van der Waals surface area contributed by atoms with E-state index in [1.165, 1.54) is 18.4 Å². The molecule has 1 aliphatic rings. The minimum atomic E-state index is -0.177. The molecular formula is C20H25N3O3. The van der Waals surface area contributed by atoms with Crippen molar-refractivity contribution in [2.24, 2.45) is 0 Å². The molecule has 1 aromatic heterocycles. The number of amides is 1. The molecule has 1 heterocycles. The number of allylic oxidation sites excluding steroid dienone is 1. The fraction of sp³-hybridized carbons (Fsp3) is 0.400. The standard InChI is InChI=1S/C20H25N3O3/c1-14(15-8-4-3-5-9-15)21-20(24)17-12-16(22-23-17)13-26-19-11-7-6-10-18(19)25-2/h6-8,10-12,14H,3-5,9,13H2,1-2H3,(H,21,24)(H,22,23)/t14-/m1/s1. The number of methoxy groups -OCH3 is 1. The van der Waals surface area contributed by atoms with Crippen LogP contribution >= 0.6 is 0 Å². The second kappa shape index (κ2) is 8.56. The summed E-state index contributed by atoms with van der Waals surface area (Å²) < 4.78 is 11.0. The van der Waals surface area contributed by atoms with Crippen LogP contribution in [-0.4, -0.2) is 29.3 Å². The lowest BCUT2D eigenvalue weighted by atomic mass is 9.95. The molecule has 1 aliphatic carbocycles. The van der Waals surface area contributed by atoms with Crippen LogP contribution in [-0.2, 0) is 6.61 Å². The number of carbonyl (C=O) groups excluding carboxylic acids is 1. The van der Waals surface area contributed by atoms with E-state index in [2.05, 4.69) is 21.6 Å². The maximum atomic E-state index is 12.4. The molecule has 0 fully saturated rings. The molecule has 0 bridgehead atoms. The number of nitrogens with zero attached hydrogens (tertiary/aromatic N) is 1. The molecule has 0 saturated heterocycles. The van der Waals surface area contributed by atoms with E-state index in [4.69, 9.17) is 9.47 Å². The summed E-state index contributed by atoms with van der Waals surface area (Å²) in [6.07, 6.45) is 6.83. The third-order valence-electron chi connectivity index (χ3n) is 4.55. The summed E-state index contributed by atoms with van der Waals surface area (Å²) in [7, 11) is 1.60. The van der Waals surface area contributed by atoms with E-state index in [1.54, 1.807) is 13.2 Å². The Morgan fingerprint density at radius 3 is 2.85 bits per heavy atom. The van der Waals surface area contributed by atoms with Crippen molar-refractivity contribution >= 4 is 5.91 Å². The highest BCUT2D eigenvalue weighted by Gasteiger charge is 2.17. The monoisotopic (exact) mass is 355 g/mol. The van der Waals surface area contributed by atoms with Crippen LogP contribution < -0.4 is 14.8 Å². The van der Waals surface area contributed by atoms with Crippen molar-refractivity contribution in [1.29, 1.82) is 0 Å². The zero-order valence-corrected chi connectivity index (χ0v) is 15.2. The minimum absolute atomic E-state index is 0.0350. The molecule has 0 spiro atoms. The van der Waals surface area contributed by atoms with Gasteiger partial charge in [0.2, 0.25) is 0 Å². The van der Waals surface area contributed by atoms with Crippen LogP contribution in [0.15, 0.2) is 42.0 Å². The van der Waals surface area contributed by atoms with E-state index in [9.17, 15) is 4.79 Å². The van der Waals surface area contributed by atoms with Gasteiger partial charge in [-0.05, 0) is 50.8 Å². The van der Waals surface area contributed by atoms with Gasteiger partial charge >= 0.3 is 0 Å². The lowest BCUT2D eigenvalue weighted by molar-refractivity contribution is 0.0939. The smallest absolute Gasteiger partial charge is 0.272 e.